The molecular formula is C25H20FN5O2S. The quantitative estimate of drug-likeness (QED) is 0.380. The fourth-order valence-corrected chi connectivity index (χ4v) is 4.80. The van der Waals surface area contributed by atoms with E-state index in [1.54, 1.807) is 37.3 Å². The van der Waals surface area contributed by atoms with Crippen LogP contribution in [0.5, 0.6) is 0 Å². The fraction of sp³-hybridized carbons (Fsp3) is 0.120. The minimum Gasteiger partial charge on any atom is -0.321 e. The van der Waals surface area contributed by atoms with Crippen molar-refractivity contribution < 1.29 is 9.18 Å². The molecule has 0 spiro atoms. The van der Waals surface area contributed by atoms with Gasteiger partial charge >= 0.3 is 0 Å². The SMILES string of the molecule is Cc1cc(=O)[nH]c(-c2cccc(NC(=O)c3cc4c(C)nn(Cc5ccc(F)cc5)c4s3)c2)n1. The molecule has 0 bridgehead atoms. The largest absolute Gasteiger partial charge is 0.321 e. The first-order chi connectivity index (χ1) is 16.4. The van der Waals surface area contributed by atoms with Crippen molar-refractivity contribution in [1.82, 2.24) is 19.7 Å². The third kappa shape index (κ3) is 4.38. The molecule has 3 heterocycles. The Labute approximate surface area is 197 Å². The lowest BCUT2D eigenvalue weighted by atomic mass is 10.2. The molecular weight excluding hydrogens is 453 g/mol. The van der Waals surface area contributed by atoms with Crippen LogP contribution in [0.4, 0.5) is 10.1 Å². The molecule has 9 heteroatoms. The lowest BCUT2D eigenvalue weighted by molar-refractivity contribution is 0.103. The van der Waals surface area contributed by atoms with E-state index in [0.717, 1.165) is 21.5 Å². The summed E-state index contributed by atoms with van der Waals surface area (Å²) in [5, 5.41) is 8.41. The Morgan fingerprint density at radius 3 is 2.68 bits per heavy atom. The van der Waals surface area contributed by atoms with Crippen LogP contribution in [0.25, 0.3) is 21.6 Å². The summed E-state index contributed by atoms with van der Waals surface area (Å²) in [6, 6.07) is 16.7. The van der Waals surface area contributed by atoms with Crippen LogP contribution in [-0.2, 0) is 6.54 Å². The highest BCUT2D eigenvalue weighted by molar-refractivity contribution is 7.20. The number of fused-ring (bicyclic) bond motifs is 1. The van der Waals surface area contributed by atoms with E-state index in [0.29, 0.717) is 34.2 Å². The lowest BCUT2D eigenvalue weighted by Gasteiger charge is -2.07. The molecule has 5 aromatic rings. The van der Waals surface area contributed by atoms with Crippen molar-refractivity contribution >= 4 is 33.1 Å². The molecule has 0 unspecified atom stereocenters. The molecule has 0 aliphatic carbocycles. The third-order valence-corrected chi connectivity index (χ3v) is 6.49. The van der Waals surface area contributed by atoms with Crippen LogP contribution in [-0.4, -0.2) is 25.7 Å². The number of H-pyrrole nitrogens is 1. The van der Waals surface area contributed by atoms with Crippen molar-refractivity contribution in [2.75, 3.05) is 5.32 Å². The average Bonchev–Trinajstić information content (AvgIpc) is 3.36. The van der Waals surface area contributed by atoms with Crippen molar-refractivity contribution in [3.8, 4) is 11.4 Å². The van der Waals surface area contributed by atoms with Crippen LogP contribution in [0.1, 0.15) is 26.6 Å². The lowest BCUT2D eigenvalue weighted by Crippen LogP contribution is -2.11. The van der Waals surface area contributed by atoms with E-state index in [4.69, 9.17) is 0 Å². The van der Waals surface area contributed by atoms with Crippen LogP contribution in [0, 0.1) is 19.7 Å². The first kappa shape index (κ1) is 21.7. The Bertz CT molecular complexity index is 1580. The van der Waals surface area contributed by atoms with E-state index in [2.05, 4.69) is 20.4 Å². The highest BCUT2D eigenvalue weighted by atomic mass is 32.1. The standard InChI is InChI=1S/C25H20FN5O2S/c1-14-10-22(32)29-23(27-14)17-4-3-5-19(11-17)28-24(33)21-12-20-15(2)30-31(25(20)34-21)13-16-6-8-18(26)9-7-16/h3-12H,13H2,1-2H3,(H,28,33)(H,27,29,32). The predicted octanol–water partition coefficient (Wildman–Crippen LogP) is 4.90. The smallest absolute Gasteiger partial charge is 0.265 e. The number of hydrogen-bond donors (Lipinski definition) is 2. The van der Waals surface area contributed by atoms with Gasteiger partial charge in [0.1, 0.15) is 16.5 Å². The number of carbonyl (C=O) groups excluding carboxylic acids is 1. The zero-order chi connectivity index (χ0) is 23.8. The van der Waals surface area contributed by atoms with Crippen molar-refractivity contribution in [3.63, 3.8) is 0 Å². The summed E-state index contributed by atoms with van der Waals surface area (Å²) < 4.78 is 15.1. The molecule has 0 saturated carbocycles. The molecule has 2 N–H and O–H groups in total. The molecule has 0 aliphatic heterocycles. The summed E-state index contributed by atoms with van der Waals surface area (Å²) in [7, 11) is 0. The van der Waals surface area contributed by atoms with Gasteiger partial charge in [0.25, 0.3) is 11.5 Å². The summed E-state index contributed by atoms with van der Waals surface area (Å²) >= 11 is 1.35. The van der Waals surface area contributed by atoms with Gasteiger partial charge in [-0.3, -0.25) is 14.3 Å². The van der Waals surface area contributed by atoms with Crippen LogP contribution >= 0.6 is 11.3 Å². The number of amides is 1. The van der Waals surface area contributed by atoms with Gasteiger partial charge in [0, 0.05) is 28.4 Å². The van der Waals surface area contributed by atoms with E-state index in [9.17, 15) is 14.0 Å². The summed E-state index contributed by atoms with van der Waals surface area (Å²) in [4.78, 5) is 33.3. The number of hydrogen-bond acceptors (Lipinski definition) is 5. The third-order valence-electron chi connectivity index (χ3n) is 5.34. The highest BCUT2D eigenvalue weighted by Crippen LogP contribution is 2.30. The Balaban J connectivity index is 1.40. The second-order valence-electron chi connectivity index (χ2n) is 7.97. The average molecular weight is 474 g/mol. The molecule has 170 valence electrons. The van der Waals surface area contributed by atoms with Gasteiger partial charge in [-0.25, -0.2) is 9.37 Å². The molecule has 5 rings (SSSR count). The maximum absolute atomic E-state index is 13.2. The maximum atomic E-state index is 13.2. The zero-order valence-corrected chi connectivity index (χ0v) is 19.2. The molecule has 0 fully saturated rings. The van der Waals surface area contributed by atoms with Crippen LogP contribution in [0.3, 0.4) is 0 Å². The second-order valence-corrected chi connectivity index (χ2v) is 9.00. The summed E-state index contributed by atoms with van der Waals surface area (Å²) in [5.41, 5.74) is 3.42. The fourth-order valence-electron chi connectivity index (χ4n) is 3.75. The van der Waals surface area contributed by atoms with Crippen molar-refractivity contribution in [2.24, 2.45) is 0 Å². The molecule has 7 nitrogen and oxygen atoms in total. The zero-order valence-electron chi connectivity index (χ0n) is 18.4. The first-order valence-electron chi connectivity index (χ1n) is 10.6. The highest BCUT2D eigenvalue weighted by Gasteiger charge is 2.17. The van der Waals surface area contributed by atoms with E-state index >= 15 is 0 Å². The minimum absolute atomic E-state index is 0.229. The van der Waals surface area contributed by atoms with Gasteiger partial charge in [0.15, 0.2) is 0 Å². The normalized spacial score (nSPS) is 11.1. The summed E-state index contributed by atoms with van der Waals surface area (Å²) in [6.07, 6.45) is 0. The number of anilines is 1. The molecule has 1 amide bonds. The topological polar surface area (TPSA) is 92.7 Å². The van der Waals surface area contributed by atoms with Gasteiger partial charge in [0.2, 0.25) is 0 Å². The number of carbonyl (C=O) groups is 1. The Hall–Kier alpha value is -4.11. The molecule has 2 aromatic carbocycles. The molecule has 0 atom stereocenters. The van der Waals surface area contributed by atoms with E-state index in [-0.39, 0.29) is 17.3 Å². The number of aromatic nitrogens is 4. The summed E-state index contributed by atoms with van der Waals surface area (Å²) in [5.74, 6) is -0.0783. The van der Waals surface area contributed by atoms with Gasteiger partial charge in [0.05, 0.1) is 17.1 Å². The Morgan fingerprint density at radius 1 is 1.12 bits per heavy atom. The number of rotatable bonds is 5. The van der Waals surface area contributed by atoms with Crippen molar-refractivity contribution in [2.45, 2.75) is 20.4 Å². The van der Waals surface area contributed by atoms with Gasteiger partial charge in [-0.1, -0.05) is 24.3 Å². The second kappa shape index (κ2) is 8.68. The number of halogens is 1. The van der Waals surface area contributed by atoms with E-state index < -0.39 is 0 Å². The van der Waals surface area contributed by atoms with Crippen LogP contribution in [0.15, 0.2) is 65.5 Å². The van der Waals surface area contributed by atoms with Crippen molar-refractivity contribution in [1.29, 1.82) is 0 Å². The van der Waals surface area contributed by atoms with Crippen LogP contribution in [0.2, 0.25) is 0 Å². The number of nitrogens with zero attached hydrogens (tertiary/aromatic N) is 3. The minimum atomic E-state index is -0.283. The van der Waals surface area contributed by atoms with Gasteiger partial charge in [-0.15, -0.1) is 11.3 Å². The van der Waals surface area contributed by atoms with Crippen molar-refractivity contribution in [3.05, 3.63) is 98.7 Å². The predicted molar refractivity (Wildman–Crippen MR) is 131 cm³/mol. The maximum Gasteiger partial charge on any atom is 0.265 e. The molecule has 34 heavy (non-hydrogen) atoms. The molecule has 3 aromatic heterocycles. The molecule has 0 aliphatic rings. The van der Waals surface area contributed by atoms with E-state index in [1.807, 2.05) is 23.7 Å². The number of benzene rings is 2. The number of thiophene rings is 1. The number of aryl methyl sites for hydroxylation is 2. The monoisotopic (exact) mass is 473 g/mol. The van der Waals surface area contributed by atoms with Gasteiger partial charge in [-0.05, 0) is 49.7 Å². The van der Waals surface area contributed by atoms with Gasteiger partial charge < -0.3 is 10.3 Å². The number of aromatic amines is 1. The van der Waals surface area contributed by atoms with Gasteiger partial charge in [-0.2, -0.15) is 5.10 Å². The Kier molecular flexibility index (Phi) is 5.54. The molecule has 0 saturated heterocycles. The van der Waals surface area contributed by atoms with E-state index in [1.165, 1.54) is 29.5 Å². The summed E-state index contributed by atoms with van der Waals surface area (Å²) in [6.45, 7) is 4.14. The molecule has 0 radical (unpaired) electrons. The Morgan fingerprint density at radius 2 is 1.91 bits per heavy atom. The van der Waals surface area contributed by atoms with Crippen LogP contribution < -0.4 is 10.9 Å². The number of nitrogens with one attached hydrogen (secondary N) is 2. The first-order valence-corrected chi connectivity index (χ1v) is 11.4.